The smallest absolute Gasteiger partial charge is 0.133 e. The molecular weight excluding hydrogens is 116 g/mol. The molecule has 0 spiro atoms. The summed E-state index contributed by atoms with van der Waals surface area (Å²) in [5.74, 6) is -0.253. The minimum absolute atomic E-state index is 0.0622. The molecule has 0 aliphatic carbocycles. The molecule has 0 N–H and O–H groups in total. The summed E-state index contributed by atoms with van der Waals surface area (Å²) in [5, 5.41) is 0. The molecule has 0 aromatic heterocycles. The Labute approximate surface area is 56.7 Å². The van der Waals surface area contributed by atoms with Crippen molar-refractivity contribution in [2.45, 2.75) is 33.1 Å². The highest BCUT2D eigenvalue weighted by molar-refractivity contribution is 5.84. The number of Topliss-reactive ketones (excluding diaryl/α,β-unsaturated/α-hetero) is 2. The van der Waals surface area contributed by atoms with Gasteiger partial charge < -0.3 is 4.79 Å². The molecule has 0 rings (SSSR count). The van der Waals surface area contributed by atoms with Gasteiger partial charge >= 0.3 is 0 Å². The van der Waals surface area contributed by atoms with E-state index in [1.54, 1.807) is 6.92 Å². The van der Waals surface area contributed by atoms with Gasteiger partial charge in [0.15, 0.2) is 0 Å². The summed E-state index contributed by atoms with van der Waals surface area (Å²) in [6.07, 6.45) is -0.420. The van der Waals surface area contributed by atoms with Crippen LogP contribution < -0.4 is 0 Å². The third-order valence-corrected chi connectivity index (χ3v) is 0.966. The minimum atomic E-state index is -0.831. The maximum Gasteiger partial charge on any atom is 0.133 e. The van der Waals surface area contributed by atoms with E-state index in [0.29, 0.717) is 6.42 Å². The van der Waals surface area contributed by atoms with Crippen molar-refractivity contribution in [2.75, 3.05) is 0 Å². The molecule has 0 aromatic carbocycles. The Balaban J connectivity index is 3.72. The first-order valence-electron chi connectivity index (χ1n) is 3.60. The van der Waals surface area contributed by atoms with Crippen LogP contribution in [-0.2, 0) is 9.59 Å². The lowest BCUT2D eigenvalue weighted by molar-refractivity contribution is -0.123. The van der Waals surface area contributed by atoms with Crippen molar-refractivity contribution in [3.8, 4) is 0 Å². The quantitative estimate of drug-likeness (QED) is 0.574. The van der Waals surface area contributed by atoms with Crippen LogP contribution in [0.25, 0.3) is 0 Å². The molecular formula is C7H12O2. The summed E-state index contributed by atoms with van der Waals surface area (Å²) < 4.78 is 7.14. The highest BCUT2D eigenvalue weighted by Gasteiger charge is 1.99. The number of rotatable bonds is 4. The third-order valence-electron chi connectivity index (χ3n) is 0.966. The molecule has 0 bridgehead atoms. The third kappa shape index (κ3) is 5.21. The van der Waals surface area contributed by atoms with Gasteiger partial charge in [-0.2, -0.15) is 0 Å². The number of carbonyl (C=O) groups excluding carboxylic acids is 2. The molecule has 0 aliphatic heterocycles. The van der Waals surface area contributed by atoms with Gasteiger partial charge in [-0.05, 0) is 6.92 Å². The topological polar surface area (TPSA) is 34.1 Å². The number of hydrogen-bond donors (Lipinski definition) is 0. The van der Waals surface area contributed by atoms with E-state index in [0.717, 1.165) is 0 Å². The Morgan fingerprint density at radius 1 is 1.56 bits per heavy atom. The molecule has 0 fully saturated rings. The molecule has 2 nitrogen and oxygen atoms in total. The van der Waals surface area contributed by atoms with E-state index < -0.39 is 6.40 Å². The van der Waals surface area contributed by atoms with Gasteiger partial charge in [0.2, 0.25) is 0 Å². The van der Waals surface area contributed by atoms with E-state index in [1.165, 1.54) is 6.92 Å². The number of hydrogen-bond acceptors (Lipinski definition) is 2. The Hall–Kier alpha value is -0.660. The zero-order chi connectivity index (χ0) is 8.15. The fourth-order valence-corrected chi connectivity index (χ4v) is 0.402. The molecule has 0 amide bonds. The Morgan fingerprint density at radius 2 is 2.11 bits per heavy atom. The summed E-state index contributed by atoms with van der Waals surface area (Å²) in [7, 11) is 0. The summed E-state index contributed by atoms with van der Waals surface area (Å²) in [4.78, 5) is 21.1. The Bertz CT molecular complexity index is 143. The fourth-order valence-electron chi connectivity index (χ4n) is 0.402. The summed E-state index contributed by atoms with van der Waals surface area (Å²) in [5.41, 5.74) is 0. The molecule has 1 unspecified atom stereocenters. The average Bonchev–Trinajstić information content (AvgIpc) is 1.85. The van der Waals surface area contributed by atoms with Gasteiger partial charge in [-0.25, -0.2) is 0 Å². The lowest BCUT2D eigenvalue weighted by atomic mass is 10.1. The van der Waals surface area contributed by atoms with Gasteiger partial charge in [0, 0.05) is 20.6 Å². The SMILES string of the molecule is [2H]C(CC(C)=O)C(=O)CC. The minimum Gasteiger partial charge on any atom is -0.300 e. The lowest BCUT2D eigenvalue weighted by Gasteiger charge is -1.91. The molecule has 9 heavy (non-hydrogen) atoms. The van der Waals surface area contributed by atoms with Crippen molar-refractivity contribution in [1.29, 1.82) is 0 Å². The van der Waals surface area contributed by atoms with Crippen LogP contribution in [0.2, 0.25) is 0 Å². The molecule has 1 atom stereocenters. The molecule has 0 radical (unpaired) electrons. The van der Waals surface area contributed by atoms with Gasteiger partial charge in [0.05, 0.1) is 0 Å². The van der Waals surface area contributed by atoms with Gasteiger partial charge in [0.25, 0.3) is 0 Å². The van der Waals surface area contributed by atoms with Gasteiger partial charge in [-0.1, -0.05) is 6.92 Å². The van der Waals surface area contributed by atoms with Crippen molar-refractivity contribution in [1.82, 2.24) is 0 Å². The first kappa shape index (κ1) is 6.46. The first-order chi connectivity index (χ1) is 4.57. The number of ketones is 2. The highest BCUT2D eigenvalue weighted by atomic mass is 16.1. The second-order valence-electron chi connectivity index (χ2n) is 1.93. The molecule has 52 valence electrons. The monoisotopic (exact) mass is 129 g/mol. The molecule has 0 saturated carbocycles. The lowest BCUT2D eigenvalue weighted by Crippen LogP contribution is -1.98. The van der Waals surface area contributed by atoms with Gasteiger partial charge in [-0.15, -0.1) is 0 Å². The van der Waals surface area contributed by atoms with E-state index in [-0.39, 0.29) is 18.0 Å². The van der Waals surface area contributed by atoms with Crippen LogP contribution in [0.15, 0.2) is 0 Å². The zero-order valence-electron chi connectivity index (χ0n) is 6.81. The predicted octanol–water partition coefficient (Wildman–Crippen LogP) is 1.33. The second-order valence-corrected chi connectivity index (χ2v) is 1.93. The van der Waals surface area contributed by atoms with E-state index in [1.807, 2.05) is 0 Å². The molecule has 2 heteroatoms. The Kier molecular flexibility index (Phi) is 3.04. The van der Waals surface area contributed by atoms with Crippen molar-refractivity contribution < 1.29 is 11.0 Å². The van der Waals surface area contributed by atoms with Crippen LogP contribution in [0.5, 0.6) is 0 Å². The largest absolute Gasteiger partial charge is 0.300 e. The van der Waals surface area contributed by atoms with Gasteiger partial charge in [0.1, 0.15) is 11.6 Å². The van der Waals surface area contributed by atoms with Crippen LogP contribution in [0.1, 0.15) is 34.5 Å². The normalized spacial score (nSPS) is 14.2. The summed E-state index contributed by atoms with van der Waals surface area (Å²) in [6, 6.07) is 0. The second kappa shape index (κ2) is 4.24. The molecule has 0 saturated heterocycles. The van der Waals surface area contributed by atoms with Crippen molar-refractivity contribution in [3.63, 3.8) is 0 Å². The van der Waals surface area contributed by atoms with E-state index in [4.69, 9.17) is 1.37 Å². The van der Waals surface area contributed by atoms with E-state index in [2.05, 4.69) is 0 Å². The standard InChI is InChI=1S/C7H12O2/c1-3-7(9)5-4-6(2)8/h3-5H2,1-2H3/i5D. The summed E-state index contributed by atoms with van der Waals surface area (Å²) >= 11 is 0. The van der Waals surface area contributed by atoms with Crippen molar-refractivity contribution in [2.24, 2.45) is 0 Å². The molecule has 0 heterocycles. The zero-order valence-corrected chi connectivity index (χ0v) is 5.81. The van der Waals surface area contributed by atoms with Crippen LogP contribution >= 0.6 is 0 Å². The first-order valence-corrected chi connectivity index (χ1v) is 3.02. The summed E-state index contributed by atoms with van der Waals surface area (Å²) in [6.45, 7) is 3.09. The molecule has 0 aromatic rings. The maximum atomic E-state index is 10.7. The van der Waals surface area contributed by atoms with Crippen molar-refractivity contribution >= 4 is 11.6 Å². The van der Waals surface area contributed by atoms with E-state index in [9.17, 15) is 9.59 Å². The van der Waals surface area contributed by atoms with Crippen LogP contribution in [0, 0.1) is 0 Å². The van der Waals surface area contributed by atoms with Crippen LogP contribution in [-0.4, -0.2) is 11.6 Å². The number of carbonyl (C=O) groups is 2. The fraction of sp³-hybridized carbons (Fsp3) is 0.714. The average molecular weight is 129 g/mol. The maximum absolute atomic E-state index is 10.7. The van der Waals surface area contributed by atoms with E-state index >= 15 is 0 Å². The van der Waals surface area contributed by atoms with Gasteiger partial charge in [-0.3, -0.25) is 4.79 Å². The Morgan fingerprint density at radius 3 is 2.44 bits per heavy atom. The predicted molar refractivity (Wildman–Crippen MR) is 35.2 cm³/mol. The van der Waals surface area contributed by atoms with Crippen molar-refractivity contribution in [3.05, 3.63) is 0 Å². The van der Waals surface area contributed by atoms with Crippen LogP contribution in [0.3, 0.4) is 0 Å². The van der Waals surface area contributed by atoms with Crippen LogP contribution in [0.4, 0.5) is 0 Å². The molecule has 0 aliphatic rings. The highest BCUT2D eigenvalue weighted by Crippen LogP contribution is 1.94.